The van der Waals surface area contributed by atoms with Gasteiger partial charge in [-0.3, -0.25) is 0 Å². The van der Waals surface area contributed by atoms with Crippen molar-refractivity contribution >= 4 is 33.3 Å². The number of aliphatic hydroxyl groups is 1. The predicted octanol–water partition coefficient (Wildman–Crippen LogP) is 1.97. The molecule has 2 aromatic heterocycles. The average molecular weight is 295 g/mol. The Bertz CT molecular complexity index is 652. The maximum Gasteiger partial charge on any atom is 0.348 e. The van der Waals surface area contributed by atoms with Crippen molar-refractivity contribution in [3.63, 3.8) is 0 Å². The number of aryl methyl sites for hydroxylation is 1. The average Bonchev–Trinajstić information content (AvgIpc) is 2.76. The number of aliphatic hydroxyl groups excluding tert-OH is 1. The number of ether oxygens (including phenoxy) is 1. The van der Waals surface area contributed by atoms with Crippen molar-refractivity contribution in [2.45, 2.75) is 26.3 Å². The second kappa shape index (κ2) is 5.34. The van der Waals surface area contributed by atoms with Gasteiger partial charge in [-0.25, -0.2) is 14.8 Å². The maximum atomic E-state index is 11.7. The summed E-state index contributed by atoms with van der Waals surface area (Å²) in [6.45, 7) is 5.53. The summed E-state index contributed by atoms with van der Waals surface area (Å²) in [5, 5.41) is 13.3. The first-order valence-electron chi connectivity index (χ1n) is 6.11. The molecule has 108 valence electrons. The minimum atomic E-state index is -0.513. The Kier molecular flexibility index (Phi) is 3.92. The molecular weight excluding hydrogens is 278 g/mol. The summed E-state index contributed by atoms with van der Waals surface area (Å²) < 4.78 is 4.77. The molecule has 2 N–H and O–H groups in total. The number of hydrogen-bond acceptors (Lipinski definition) is 7. The molecule has 0 spiro atoms. The van der Waals surface area contributed by atoms with E-state index in [9.17, 15) is 9.90 Å². The molecule has 0 atom stereocenters. The van der Waals surface area contributed by atoms with Gasteiger partial charge in [-0.1, -0.05) is 0 Å². The minimum Gasteiger partial charge on any atom is -0.465 e. The standard InChI is InChI=1S/C13H17N3O3S/c1-7-8-10(16-13(2,3)5-17)14-6-15-11(8)20-9(7)12(18)19-4/h6,17H,5H2,1-4H3,(H,14,15,16). The molecule has 0 aliphatic heterocycles. The molecule has 0 aliphatic carbocycles. The van der Waals surface area contributed by atoms with Crippen LogP contribution in [0.4, 0.5) is 5.82 Å². The number of hydrogen-bond donors (Lipinski definition) is 2. The molecule has 6 nitrogen and oxygen atoms in total. The van der Waals surface area contributed by atoms with Gasteiger partial charge in [-0.05, 0) is 26.3 Å². The van der Waals surface area contributed by atoms with Gasteiger partial charge in [0, 0.05) is 0 Å². The van der Waals surface area contributed by atoms with E-state index < -0.39 is 5.54 Å². The highest BCUT2D eigenvalue weighted by Gasteiger charge is 2.23. The number of carbonyl (C=O) groups excluding carboxylic acids is 1. The number of nitrogens with zero attached hydrogens (tertiary/aromatic N) is 2. The van der Waals surface area contributed by atoms with Gasteiger partial charge < -0.3 is 15.2 Å². The van der Waals surface area contributed by atoms with Crippen molar-refractivity contribution < 1.29 is 14.6 Å². The molecule has 0 amide bonds. The minimum absolute atomic E-state index is 0.0362. The van der Waals surface area contributed by atoms with E-state index in [0.717, 1.165) is 10.9 Å². The summed E-state index contributed by atoms with van der Waals surface area (Å²) in [5.74, 6) is 0.232. The maximum absolute atomic E-state index is 11.7. The summed E-state index contributed by atoms with van der Waals surface area (Å²) >= 11 is 1.28. The lowest BCUT2D eigenvalue weighted by atomic mass is 10.1. The number of carbonyl (C=O) groups is 1. The van der Waals surface area contributed by atoms with E-state index in [-0.39, 0.29) is 12.6 Å². The predicted molar refractivity (Wildman–Crippen MR) is 78.3 cm³/mol. The zero-order valence-electron chi connectivity index (χ0n) is 11.9. The molecule has 0 aliphatic rings. The zero-order chi connectivity index (χ0) is 14.9. The Balaban J connectivity index is 2.57. The number of methoxy groups -OCH3 is 1. The third-order valence-corrected chi connectivity index (χ3v) is 4.13. The molecule has 2 heterocycles. The van der Waals surface area contributed by atoms with E-state index in [1.54, 1.807) is 0 Å². The highest BCUT2D eigenvalue weighted by Crippen LogP contribution is 2.34. The van der Waals surface area contributed by atoms with Gasteiger partial charge in [-0.15, -0.1) is 11.3 Å². The molecule has 0 saturated heterocycles. The fourth-order valence-electron chi connectivity index (χ4n) is 1.81. The molecule has 0 aromatic carbocycles. The Labute approximate surface area is 120 Å². The molecular formula is C13H17N3O3S. The summed E-state index contributed by atoms with van der Waals surface area (Å²) in [6, 6.07) is 0. The van der Waals surface area contributed by atoms with Crippen molar-refractivity contribution in [2.75, 3.05) is 19.0 Å². The van der Waals surface area contributed by atoms with E-state index in [4.69, 9.17) is 4.74 Å². The Hall–Kier alpha value is -1.73. The number of nitrogens with one attached hydrogen (secondary N) is 1. The number of aromatic nitrogens is 2. The van der Waals surface area contributed by atoms with Crippen LogP contribution in [0.25, 0.3) is 10.2 Å². The second-order valence-corrected chi connectivity index (χ2v) is 6.12. The lowest BCUT2D eigenvalue weighted by Crippen LogP contribution is -2.35. The van der Waals surface area contributed by atoms with Crippen LogP contribution in [-0.4, -0.2) is 40.3 Å². The first-order valence-corrected chi connectivity index (χ1v) is 6.92. The van der Waals surface area contributed by atoms with Gasteiger partial charge in [0.15, 0.2) is 0 Å². The number of anilines is 1. The lowest BCUT2D eigenvalue weighted by Gasteiger charge is -2.24. The van der Waals surface area contributed by atoms with Crippen molar-refractivity contribution in [1.82, 2.24) is 9.97 Å². The first-order chi connectivity index (χ1) is 9.39. The van der Waals surface area contributed by atoms with E-state index in [1.165, 1.54) is 24.8 Å². The second-order valence-electron chi connectivity index (χ2n) is 5.12. The zero-order valence-corrected chi connectivity index (χ0v) is 12.7. The third kappa shape index (κ3) is 2.59. The van der Waals surface area contributed by atoms with Crippen molar-refractivity contribution in [1.29, 1.82) is 0 Å². The van der Waals surface area contributed by atoms with Crippen LogP contribution >= 0.6 is 11.3 Å². The molecule has 20 heavy (non-hydrogen) atoms. The normalized spacial score (nSPS) is 11.7. The van der Waals surface area contributed by atoms with E-state index in [2.05, 4.69) is 15.3 Å². The topological polar surface area (TPSA) is 84.3 Å². The summed E-state index contributed by atoms with van der Waals surface area (Å²) in [6.07, 6.45) is 1.44. The molecule has 2 rings (SSSR count). The Morgan fingerprint density at radius 3 is 2.80 bits per heavy atom. The van der Waals surface area contributed by atoms with Gasteiger partial charge in [0.1, 0.15) is 21.9 Å². The highest BCUT2D eigenvalue weighted by molar-refractivity contribution is 7.20. The molecule has 0 unspecified atom stereocenters. The third-order valence-electron chi connectivity index (χ3n) is 2.95. The van der Waals surface area contributed by atoms with E-state index >= 15 is 0 Å². The lowest BCUT2D eigenvalue weighted by molar-refractivity contribution is 0.0605. The van der Waals surface area contributed by atoms with Crippen LogP contribution in [-0.2, 0) is 4.74 Å². The van der Waals surface area contributed by atoms with Gasteiger partial charge in [-0.2, -0.15) is 0 Å². The number of fused-ring (bicyclic) bond motifs is 1. The number of thiophene rings is 1. The molecule has 7 heteroatoms. The van der Waals surface area contributed by atoms with Crippen LogP contribution < -0.4 is 5.32 Å². The largest absolute Gasteiger partial charge is 0.465 e. The highest BCUT2D eigenvalue weighted by atomic mass is 32.1. The van der Waals surface area contributed by atoms with Crippen LogP contribution in [0.5, 0.6) is 0 Å². The van der Waals surface area contributed by atoms with Gasteiger partial charge in [0.05, 0.1) is 24.6 Å². The van der Waals surface area contributed by atoms with Crippen molar-refractivity contribution in [3.8, 4) is 0 Å². The van der Waals surface area contributed by atoms with Crippen LogP contribution in [0.15, 0.2) is 6.33 Å². The van der Waals surface area contributed by atoms with E-state index in [0.29, 0.717) is 15.5 Å². The molecule has 0 radical (unpaired) electrons. The fourth-order valence-corrected chi connectivity index (χ4v) is 2.88. The Morgan fingerprint density at radius 2 is 2.20 bits per heavy atom. The van der Waals surface area contributed by atoms with Gasteiger partial charge in [0.2, 0.25) is 0 Å². The number of esters is 1. The summed E-state index contributed by atoms with van der Waals surface area (Å²) in [4.78, 5) is 21.4. The smallest absolute Gasteiger partial charge is 0.348 e. The molecule has 0 bridgehead atoms. The van der Waals surface area contributed by atoms with Crippen LogP contribution in [0.3, 0.4) is 0 Å². The molecule has 0 fully saturated rings. The van der Waals surface area contributed by atoms with Crippen molar-refractivity contribution in [3.05, 3.63) is 16.8 Å². The van der Waals surface area contributed by atoms with Crippen molar-refractivity contribution in [2.24, 2.45) is 0 Å². The Morgan fingerprint density at radius 1 is 1.50 bits per heavy atom. The fraction of sp³-hybridized carbons (Fsp3) is 0.462. The molecule has 0 saturated carbocycles. The van der Waals surface area contributed by atoms with Gasteiger partial charge >= 0.3 is 5.97 Å². The summed E-state index contributed by atoms with van der Waals surface area (Å²) in [7, 11) is 1.35. The quantitative estimate of drug-likeness (QED) is 0.839. The SMILES string of the molecule is COC(=O)c1sc2ncnc(NC(C)(C)CO)c2c1C. The monoisotopic (exact) mass is 295 g/mol. The van der Waals surface area contributed by atoms with E-state index in [1.807, 2.05) is 20.8 Å². The van der Waals surface area contributed by atoms with Crippen LogP contribution in [0.1, 0.15) is 29.1 Å². The van der Waals surface area contributed by atoms with Crippen LogP contribution in [0.2, 0.25) is 0 Å². The first kappa shape index (κ1) is 14.7. The van der Waals surface area contributed by atoms with Gasteiger partial charge in [0.25, 0.3) is 0 Å². The van der Waals surface area contributed by atoms with Crippen LogP contribution in [0, 0.1) is 6.92 Å². The molecule has 2 aromatic rings. The number of rotatable bonds is 4. The summed E-state index contributed by atoms with van der Waals surface area (Å²) in [5.41, 5.74) is 0.273.